The number of pyridine rings is 1. The van der Waals surface area contributed by atoms with Gasteiger partial charge in [-0.05, 0) is 38.1 Å². The van der Waals surface area contributed by atoms with Crippen LogP contribution in [0.1, 0.15) is 28.7 Å². The highest BCUT2D eigenvalue weighted by Crippen LogP contribution is 2.23. The summed E-state index contributed by atoms with van der Waals surface area (Å²) in [5.41, 5.74) is 3.00. The van der Waals surface area contributed by atoms with Crippen LogP contribution in [0.15, 0.2) is 29.1 Å². The van der Waals surface area contributed by atoms with Gasteiger partial charge in [-0.25, -0.2) is 14.2 Å². The van der Waals surface area contributed by atoms with Gasteiger partial charge in [-0.1, -0.05) is 12.2 Å². The summed E-state index contributed by atoms with van der Waals surface area (Å²) in [7, 11) is 1.58. The van der Waals surface area contributed by atoms with E-state index in [9.17, 15) is 14.0 Å². The van der Waals surface area contributed by atoms with Gasteiger partial charge in [-0.2, -0.15) is 0 Å². The third-order valence-corrected chi connectivity index (χ3v) is 6.53. The number of carbonyl (C=O) groups excluding carboxylic acids is 1. The smallest absolute Gasteiger partial charge is 0.326 e. The van der Waals surface area contributed by atoms with Crippen LogP contribution in [0.5, 0.6) is 0 Å². The number of H-pyrrole nitrogens is 1. The van der Waals surface area contributed by atoms with Gasteiger partial charge in [-0.3, -0.25) is 14.3 Å². The van der Waals surface area contributed by atoms with Crippen molar-refractivity contribution in [1.29, 1.82) is 0 Å². The van der Waals surface area contributed by atoms with Gasteiger partial charge in [0.25, 0.3) is 5.91 Å². The average Bonchev–Trinajstić information content (AvgIpc) is 2.80. The Morgan fingerprint density at radius 1 is 1.24 bits per heavy atom. The number of aromatic nitrogens is 3. The number of amides is 1. The van der Waals surface area contributed by atoms with Crippen molar-refractivity contribution in [2.75, 3.05) is 38.1 Å². The minimum Gasteiger partial charge on any atom is -0.368 e. The van der Waals surface area contributed by atoms with E-state index in [0.29, 0.717) is 39.9 Å². The lowest BCUT2D eigenvalue weighted by atomic mass is 10.1. The summed E-state index contributed by atoms with van der Waals surface area (Å²) in [6.07, 6.45) is 0. The van der Waals surface area contributed by atoms with Crippen LogP contribution < -0.4 is 15.9 Å². The molecule has 0 bridgehead atoms. The largest absolute Gasteiger partial charge is 0.368 e. The molecule has 1 aromatic carbocycles. The average molecular weight is 471 g/mol. The Bertz CT molecular complexity index is 1330. The van der Waals surface area contributed by atoms with Crippen molar-refractivity contribution in [3.63, 3.8) is 0 Å². The van der Waals surface area contributed by atoms with Crippen LogP contribution in [0.3, 0.4) is 0 Å². The first-order chi connectivity index (χ1) is 15.8. The summed E-state index contributed by atoms with van der Waals surface area (Å²) in [5.74, 6) is -0.531. The topological polar surface area (TPSA) is 86.3 Å². The maximum Gasteiger partial charge on any atom is 0.326 e. The number of rotatable bonds is 5. The lowest BCUT2D eigenvalue weighted by Crippen LogP contribution is -2.46. The van der Waals surface area contributed by atoms with Crippen molar-refractivity contribution in [2.45, 2.75) is 26.9 Å². The SMILES string of the molecule is CCn1c(=O)[nH]c2cc(CN3CCN(c4ccc(C(=O)NC)nc4C)CC3)c(F)cc2c1=S. The molecule has 1 saturated heterocycles. The zero-order chi connectivity index (χ0) is 23.7. The highest BCUT2D eigenvalue weighted by molar-refractivity contribution is 7.71. The molecule has 33 heavy (non-hydrogen) atoms. The molecule has 0 atom stereocenters. The second-order valence-electron chi connectivity index (χ2n) is 8.11. The number of hydrogen-bond donors (Lipinski definition) is 2. The van der Waals surface area contributed by atoms with Gasteiger partial charge in [0, 0.05) is 57.3 Å². The molecule has 8 nitrogen and oxygen atoms in total. The minimum absolute atomic E-state index is 0.207. The Kier molecular flexibility index (Phi) is 6.57. The molecule has 2 N–H and O–H groups in total. The number of hydrogen-bond acceptors (Lipinski definition) is 6. The molecule has 0 radical (unpaired) electrons. The second-order valence-corrected chi connectivity index (χ2v) is 8.50. The monoisotopic (exact) mass is 470 g/mol. The molecule has 0 saturated carbocycles. The van der Waals surface area contributed by atoms with Crippen LogP contribution in [-0.2, 0) is 13.1 Å². The molecule has 0 aliphatic carbocycles. The lowest BCUT2D eigenvalue weighted by Gasteiger charge is -2.36. The van der Waals surface area contributed by atoms with Crippen molar-refractivity contribution in [3.8, 4) is 0 Å². The predicted molar refractivity (Wildman–Crippen MR) is 129 cm³/mol. The first-order valence-electron chi connectivity index (χ1n) is 10.9. The van der Waals surface area contributed by atoms with Gasteiger partial charge in [0.1, 0.15) is 16.2 Å². The van der Waals surface area contributed by atoms with Crippen LogP contribution in [0.4, 0.5) is 10.1 Å². The fourth-order valence-corrected chi connectivity index (χ4v) is 4.64. The molecule has 1 amide bonds. The Morgan fingerprint density at radius 3 is 2.61 bits per heavy atom. The number of nitrogens with one attached hydrogen (secondary N) is 2. The van der Waals surface area contributed by atoms with E-state index in [1.54, 1.807) is 19.2 Å². The van der Waals surface area contributed by atoms with Crippen LogP contribution >= 0.6 is 12.2 Å². The molecule has 1 aliphatic heterocycles. The Hall–Kier alpha value is -3.11. The molecule has 1 aliphatic rings. The van der Waals surface area contributed by atoms with Crippen LogP contribution in [0.2, 0.25) is 0 Å². The minimum atomic E-state index is -0.324. The molecular weight excluding hydrogens is 443 g/mol. The van der Waals surface area contributed by atoms with E-state index >= 15 is 0 Å². The van der Waals surface area contributed by atoms with Gasteiger partial charge in [0.2, 0.25) is 0 Å². The standard InChI is InChI=1S/C23H27FN6O2S/c1-4-30-22(33)16-12-17(24)15(11-19(16)27-23(30)32)13-28-7-9-29(10-8-28)20-6-5-18(21(31)25-3)26-14(20)2/h5-6,11-12H,4,7-10,13H2,1-3H3,(H,25,31)(H,27,32). The molecule has 3 heterocycles. The third-order valence-electron chi connectivity index (χ3n) is 6.09. The summed E-state index contributed by atoms with van der Waals surface area (Å²) in [4.78, 5) is 35.7. The molecule has 174 valence electrons. The quantitative estimate of drug-likeness (QED) is 0.558. The summed E-state index contributed by atoms with van der Waals surface area (Å²) in [5, 5.41) is 3.13. The maximum atomic E-state index is 14.9. The zero-order valence-electron chi connectivity index (χ0n) is 18.9. The summed E-state index contributed by atoms with van der Waals surface area (Å²) < 4.78 is 16.7. The van der Waals surface area contributed by atoms with E-state index in [1.165, 1.54) is 10.6 Å². The Balaban J connectivity index is 1.48. The van der Waals surface area contributed by atoms with Crippen molar-refractivity contribution in [1.82, 2.24) is 24.8 Å². The summed E-state index contributed by atoms with van der Waals surface area (Å²) in [6, 6.07) is 6.78. The van der Waals surface area contributed by atoms with E-state index in [2.05, 4.69) is 25.1 Å². The maximum absolute atomic E-state index is 14.9. The zero-order valence-corrected chi connectivity index (χ0v) is 19.8. The van der Waals surface area contributed by atoms with Crippen molar-refractivity contribution >= 4 is 34.7 Å². The molecule has 3 aromatic rings. The molecule has 4 rings (SSSR count). The van der Waals surface area contributed by atoms with Gasteiger partial charge in [0.15, 0.2) is 0 Å². The molecule has 0 unspecified atom stereocenters. The highest BCUT2D eigenvalue weighted by atomic mass is 32.1. The van der Waals surface area contributed by atoms with Gasteiger partial charge < -0.3 is 15.2 Å². The second kappa shape index (κ2) is 9.40. The normalized spacial score (nSPS) is 14.6. The first-order valence-corrected chi connectivity index (χ1v) is 11.4. The van der Waals surface area contributed by atoms with E-state index < -0.39 is 0 Å². The number of benzene rings is 1. The summed E-state index contributed by atoms with van der Waals surface area (Å²) >= 11 is 5.38. The van der Waals surface area contributed by atoms with Crippen molar-refractivity contribution in [2.24, 2.45) is 0 Å². The number of halogens is 1. The molecule has 10 heteroatoms. The van der Waals surface area contributed by atoms with Crippen LogP contribution in [-0.4, -0.2) is 58.6 Å². The Labute approximate surface area is 196 Å². The van der Waals surface area contributed by atoms with Crippen LogP contribution in [0, 0.1) is 17.4 Å². The summed E-state index contributed by atoms with van der Waals surface area (Å²) in [6.45, 7) is 7.63. The first kappa shape index (κ1) is 23.1. The number of aryl methyl sites for hydroxylation is 1. The highest BCUT2D eigenvalue weighted by Gasteiger charge is 2.21. The number of fused-ring (bicyclic) bond motifs is 1. The van der Waals surface area contributed by atoms with E-state index in [-0.39, 0.29) is 17.4 Å². The number of nitrogens with zero attached hydrogens (tertiary/aromatic N) is 4. The number of anilines is 1. The van der Waals surface area contributed by atoms with E-state index in [1.807, 2.05) is 19.9 Å². The predicted octanol–water partition coefficient (Wildman–Crippen LogP) is 2.60. The number of carbonyl (C=O) groups is 1. The van der Waals surface area contributed by atoms with Gasteiger partial charge in [0.05, 0.1) is 16.9 Å². The number of aromatic amines is 1. The molecule has 1 fully saturated rings. The molecule has 0 spiro atoms. The lowest BCUT2D eigenvalue weighted by molar-refractivity contribution is 0.0958. The van der Waals surface area contributed by atoms with Gasteiger partial charge >= 0.3 is 5.69 Å². The van der Waals surface area contributed by atoms with E-state index in [0.717, 1.165) is 37.6 Å². The fraction of sp³-hybridized carbons (Fsp3) is 0.391. The third kappa shape index (κ3) is 4.53. The number of piperazine rings is 1. The van der Waals surface area contributed by atoms with Crippen molar-refractivity contribution < 1.29 is 9.18 Å². The fourth-order valence-electron chi connectivity index (χ4n) is 4.26. The van der Waals surface area contributed by atoms with Crippen LogP contribution in [0.25, 0.3) is 10.9 Å². The van der Waals surface area contributed by atoms with Crippen molar-refractivity contribution in [3.05, 3.63) is 62.2 Å². The van der Waals surface area contributed by atoms with Gasteiger partial charge in [-0.15, -0.1) is 0 Å². The van der Waals surface area contributed by atoms with E-state index in [4.69, 9.17) is 12.2 Å². The molecule has 2 aromatic heterocycles. The Morgan fingerprint density at radius 2 is 1.97 bits per heavy atom. The molecular formula is C23H27FN6O2S.